The van der Waals surface area contributed by atoms with Crippen LogP contribution in [-0.2, 0) is 14.8 Å². The molecule has 2 aromatic carbocycles. The quantitative estimate of drug-likeness (QED) is 0.491. The topological polar surface area (TPSA) is 110 Å². The minimum absolute atomic E-state index is 0.0840. The van der Waals surface area contributed by atoms with Crippen LogP contribution in [0.4, 0.5) is 5.69 Å². The fraction of sp³-hybridized carbons (Fsp3) is 0.316. The monoisotopic (exact) mass is 453 g/mol. The summed E-state index contributed by atoms with van der Waals surface area (Å²) < 4.78 is 32.5. The molecular formula is C19H20ClN3O6S. The first-order valence-corrected chi connectivity index (χ1v) is 11.0. The van der Waals surface area contributed by atoms with Gasteiger partial charge in [0.05, 0.1) is 9.82 Å². The van der Waals surface area contributed by atoms with E-state index >= 15 is 0 Å². The van der Waals surface area contributed by atoms with Crippen LogP contribution in [0.5, 0.6) is 5.75 Å². The largest absolute Gasteiger partial charge is 0.481 e. The highest BCUT2D eigenvalue weighted by molar-refractivity contribution is 7.89. The molecule has 1 saturated heterocycles. The summed E-state index contributed by atoms with van der Waals surface area (Å²) in [5, 5.41) is 11.4. The van der Waals surface area contributed by atoms with E-state index in [-0.39, 0.29) is 42.7 Å². The lowest BCUT2D eigenvalue weighted by Crippen LogP contribution is -2.53. The number of rotatable bonds is 6. The number of sulfonamides is 1. The number of nitrogens with zero attached hydrogens (tertiary/aromatic N) is 3. The van der Waals surface area contributed by atoms with Gasteiger partial charge in [-0.1, -0.05) is 23.7 Å². The molecule has 1 unspecified atom stereocenters. The first kappa shape index (κ1) is 22.0. The van der Waals surface area contributed by atoms with Gasteiger partial charge in [0.2, 0.25) is 10.0 Å². The third kappa shape index (κ3) is 4.89. The van der Waals surface area contributed by atoms with Crippen LogP contribution in [0.15, 0.2) is 53.4 Å². The Morgan fingerprint density at radius 3 is 2.43 bits per heavy atom. The van der Waals surface area contributed by atoms with Gasteiger partial charge in [-0.25, -0.2) is 8.42 Å². The molecule has 0 bridgehead atoms. The summed E-state index contributed by atoms with van der Waals surface area (Å²) in [7, 11) is -3.90. The van der Waals surface area contributed by atoms with Crippen LogP contribution >= 0.6 is 11.6 Å². The summed E-state index contributed by atoms with van der Waals surface area (Å²) in [5.74, 6) is 0.206. The zero-order valence-electron chi connectivity index (χ0n) is 16.1. The Morgan fingerprint density at radius 1 is 1.13 bits per heavy atom. The first-order valence-electron chi connectivity index (χ1n) is 9.14. The van der Waals surface area contributed by atoms with Gasteiger partial charge in [0, 0.05) is 43.3 Å². The lowest BCUT2D eigenvalue weighted by atomic mass is 10.2. The standard InChI is InChI=1S/C19H20ClN3O6S/c1-14(29-17-6-2-4-15(20)12-17)19(24)21-8-10-22(11-9-21)30(27,28)18-7-3-5-16(13-18)23(25)26/h2-7,12-14H,8-11H2,1H3. The van der Waals surface area contributed by atoms with Crippen molar-refractivity contribution in [2.75, 3.05) is 26.2 Å². The third-order valence-electron chi connectivity index (χ3n) is 4.67. The highest BCUT2D eigenvalue weighted by atomic mass is 35.5. The zero-order chi connectivity index (χ0) is 21.9. The molecule has 1 heterocycles. The Labute approximate surface area is 179 Å². The van der Waals surface area contributed by atoms with Gasteiger partial charge in [0.25, 0.3) is 11.6 Å². The summed E-state index contributed by atoms with van der Waals surface area (Å²) in [6.45, 7) is 2.17. The second-order valence-corrected chi connectivity index (χ2v) is 9.08. The normalized spacial score (nSPS) is 16.1. The highest BCUT2D eigenvalue weighted by Gasteiger charge is 2.32. The number of nitro benzene ring substituents is 1. The van der Waals surface area contributed by atoms with Crippen molar-refractivity contribution in [3.8, 4) is 5.75 Å². The average Bonchev–Trinajstić information content (AvgIpc) is 2.73. The van der Waals surface area contributed by atoms with Crippen molar-refractivity contribution in [2.45, 2.75) is 17.9 Å². The van der Waals surface area contributed by atoms with Gasteiger partial charge in [-0.15, -0.1) is 0 Å². The van der Waals surface area contributed by atoms with E-state index in [1.54, 1.807) is 31.2 Å². The molecule has 1 aliphatic heterocycles. The van der Waals surface area contributed by atoms with Gasteiger partial charge in [0.15, 0.2) is 6.10 Å². The number of carbonyl (C=O) groups excluding carboxylic acids is 1. The van der Waals surface area contributed by atoms with E-state index < -0.39 is 21.1 Å². The number of hydrogen-bond donors (Lipinski definition) is 0. The number of non-ortho nitro benzene ring substituents is 1. The second kappa shape index (κ2) is 8.99. The molecule has 3 rings (SSSR count). The summed E-state index contributed by atoms with van der Waals surface area (Å²) in [6, 6.07) is 11.6. The Bertz CT molecular complexity index is 1050. The fourth-order valence-electron chi connectivity index (χ4n) is 3.11. The number of carbonyl (C=O) groups is 1. The van der Waals surface area contributed by atoms with E-state index in [1.165, 1.54) is 27.4 Å². The zero-order valence-corrected chi connectivity index (χ0v) is 17.7. The molecule has 1 atom stereocenters. The molecule has 0 saturated carbocycles. The van der Waals surface area contributed by atoms with E-state index in [4.69, 9.17) is 16.3 Å². The van der Waals surface area contributed by atoms with E-state index in [9.17, 15) is 23.3 Å². The fourth-order valence-corrected chi connectivity index (χ4v) is 4.75. The summed E-state index contributed by atoms with van der Waals surface area (Å²) in [6.07, 6.45) is -0.761. The van der Waals surface area contributed by atoms with Crippen molar-refractivity contribution in [1.82, 2.24) is 9.21 Å². The Morgan fingerprint density at radius 2 is 1.80 bits per heavy atom. The van der Waals surface area contributed by atoms with Crippen LogP contribution in [0.2, 0.25) is 5.02 Å². The number of benzene rings is 2. The second-order valence-electron chi connectivity index (χ2n) is 6.70. The smallest absolute Gasteiger partial charge is 0.270 e. The number of piperazine rings is 1. The molecule has 1 fully saturated rings. The number of nitro groups is 1. The number of ether oxygens (including phenoxy) is 1. The predicted molar refractivity (Wildman–Crippen MR) is 110 cm³/mol. The molecule has 0 aromatic heterocycles. The molecule has 0 spiro atoms. The molecule has 11 heteroatoms. The van der Waals surface area contributed by atoms with Crippen LogP contribution in [0, 0.1) is 10.1 Å². The van der Waals surface area contributed by atoms with E-state index in [0.717, 1.165) is 6.07 Å². The van der Waals surface area contributed by atoms with Gasteiger partial charge in [-0.3, -0.25) is 14.9 Å². The van der Waals surface area contributed by atoms with Crippen molar-refractivity contribution in [3.05, 3.63) is 63.7 Å². The Hall–Kier alpha value is -2.69. The SMILES string of the molecule is CC(Oc1cccc(Cl)c1)C(=O)N1CCN(S(=O)(=O)c2cccc([N+](=O)[O-])c2)CC1. The van der Waals surface area contributed by atoms with Gasteiger partial charge in [0.1, 0.15) is 5.75 Å². The van der Waals surface area contributed by atoms with Crippen LogP contribution < -0.4 is 4.74 Å². The van der Waals surface area contributed by atoms with Crippen LogP contribution in [0.1, 0.15) is 6.92 Å². The molecule has 9 nitrogen and oxygen atoms in total. The number of hydrogen-bond acceptors (Lipinski definition) is 6. The Balaban J connectivity index is 1.63. The molecule has 30 heavy (non-hydrogen) atoms. The average molecular weight is 454 g/mol. The van der Waals surface area contributed by atoms with Gasteiger partial charge in [-0.05, 0) is 31.2 Å². The molecule has 1 amide bonds. The lowest BCUT2D eigenvalue weighted by Gasteiger charge is -2.35. The van der Waals surface area contributed by atoms with E-state index in [1.807, 2.05) is 0 Å². The summed E-state index contributed by atoms with van der Waals surface area (Å²) in [5.41, 5.74) is -0.295. The molecule has 0 N–H and O–H groups in total. The minimum atomic E-state index is -3.90. The highest BCUT2D eigenvalue weighted by Crippen LogP contribution is 2.23. The summed E-state index contributed by atoms with van der Waals surface area (Å²) in [4.78, 5) is 24.3. The molecule has 0 aliphatic carbocycles. The minimum Gasteiger partial charge on any atom is -0.481 e. The number of halogens is 1. The maximum atomic E-state index is 12.8. The van der Waals surface area contributed by atoms with Crippen LogP contribution in [0.25, 0.3) is 0 Å². The number of amides is 1. The molecule has 160 valence electrons. The maximum absolute atomic E-state index is 12.8. The molecule has 1 aliphatic rings. The van der Waals surface area contributed by atoms with Gasteiger partial charge in [-0.2, -0.15) is 4.31 Å². The third-order valence-corrected chi connectivity index (χ3v) is 6.80. The van der Waals surface area contributed by atoms with Crippen molar-refractivity contribution >= 4 is 33.2 Å². The van der Waals surface area contributed by atoms with Crippen molar-refractivity contribution in [2.24, 2.45) is 0 Å². The molecule has 0 radical (unpaired) electrons. The molecule has 2 aromatic rings. The van der Waals surface area contributed by atoms with Crippen molar-refractivity contribution in [3.63, 3.8) is 0 Å². The van der Waals surface area contributed by atoms with E-state index in [0.29, 0.717) is 10.8 Å². The Kier molecular flexibility index (Phi) is 6.59. The van der Waals surface area contributed by atoms with Gasteiger partial charge >= 0.3 is 0 Å². The van der Waals surface area contributed by atoms with Gasteiger partial charge < -0.3 is 9.64 Å². The van der Waals surface area contributed by atoms with Crippen LogP contribution in [-0.4, -0.2) is 60.7 Å². The predicted octanol–water partition coefficient (Wildman–Crippen LogP) is 2.55. The summed E-state index contributed by atoms with van der Waals surface area (Å²) >= 11 is 5.92. The maximum Gasteiger partial charge on any atom is 0.270 e. The van der Waals surface area contributed by atoms with Crippen molar-refractivity contribution in [1.29, 1.82) is 0 Å². The lowest BCUT2D eigenvalue weighted by molar-refractivity contribution is -0.385. The van der Waals surface area contributed by atoms with Crippen LogP contribution in [0.3, 0.4) is 0 Å². The first-order chi connectivity index (χ1) is 14.2. The van der Waals surface area contributed by atoms with Crippen molar-refractivity contribution < 1.29 is 22.9 Å². The van der Waals surface area contributed by atoms with E-state index in [2.05, 4.69) is 0 Å². The molecular weight excluding hydrogens is 434 g/mol.